The molecule has 0 aliphatic rings. The molecule has 0 bridgehead atoms. The number of hydrogen-bond acceptors (Lipinski definition) is 4. The zero-order valence-electron chi connectivity index (χ0n) is 16.6. The van der Waals surface area contributed by atoms with Crippen LogP contribution in [0, 0.1) is 5.92 Å². The van der Waals surface area contributed by atoms with E-state index in [4.69, 9.17) is 0 Å². The number of amides is 1. The normalized spacial score (nSPS) is 11.5. The number of rotatable bonds is 6. The first-order valence-electron chi connectivity index (χ1n) is 9.01. The first-order chi connectivity index (χ1) is 12.8. The molecule has 1 heterocycles. The predicted molar refractivity (Wildman–Crippen MR) is 124 cm³/mol. The molecule has 0 fully saturated rings. The van der Waals surface area contributed by atoms with Crippen LogP contribution in [0.2, 0.25) is 0 Å². The van der Waals surface area contributed by atoms with Crippen LogP contribution in [0.5, 0.6) is 0 Å². The Morgan fingerprint density at radius 1 is 1.43 bits per heavy atom. The lowest BCUT2D eigenvalue weighted by Gasteiger charge is -2.20. The molecule has 1 aromatic heterocycles. The van der Waals surface area contributed by atoms with Crippen LogP contribution in [0.3, 0.4) is 0 Å². The number of anilines is 2. The molecule has 0 saturated heterocycles. The number of carbonyl (C=O) groups excluding carboxylic acids is 1. The first-order valence-corrected chi connectivity index (χ1v) is 9.82. The molecule has 0 unspecified atom stereocenters. The van der Waals surface area contributed by atoms with Crippen LogP contribution < -0.4 is 25.0 Å². The number of hydrogen-bond donors (Lipinski definition) is 1. The van der Waals surface area contributed by atoms with Crippen molar-refractivity contribution in [1.29, 1.82) is 0 Å². The lowest BCUT2D eigenvalue weighted by molar-refractivity contribution is -0.121. The zero-order chi connectivity index (χ0) is 20.1. The summed E-state index contributed by atoms with van der Waals surface area (Å²) >= 11 is 1.42. The molecular weight excluding hydrogens is 370 g/mol. The van der Waals surface area contributed by atoms with E-state index in [1.54, 1.807) is 16.5 Å². The summed E-state index contributed by atoms with van der Waals surface area (Å²) in [5, 5.41) is 3.35. The van der Waals surface area contributed by atoms with Crippen molar-refractivity contribution in [1.82, 2.24) is 4.57 Å². The minimum absolute atomic E-state index is 0. The summed E-state index contributed by atoms with van der Waals surface area (Å²) in [7, 11) is 1.78. The Bertz CT molecular complexity index is 1030. The van der Waals surface area contributed by atoms with Crippen LogP contribution in [0.1, 0.15) is 36.5 Å². The molecule has 0 saturated carbocycles. The second-order valence-electron chi connectivity index (χ2n) is 6.70. The van der Waals surface area contributed by atoms with Crippen LogP contribution in [-0.4, -0.2) is 24.1 Å². The fourth-order valence-corrected chi connectivity index (χ4v) is 3.78. The number of thiazole rings is 1. The van der Waals surface area contributed by atoms with Gasteiger partial charge in [-0.1, -0.05) is 39.7 Å². The fraction of sp³-hybridized carbons (Fsp3) is 0.409. The third-order valence-corrected chi connectivity index (χ3v) is 5.64. The molecule has 6 heteroatoms. The molecule has 1 aromatic carbocycles. The summed E-state index contributed by atoms with van der Waals surface area (Å²) in [6.45, 7) is 12.5. The molecule has 154 valence electrons. The largest absolute Gasteiger partial charge is 0.381 e. The third kappa shape index (κ3) is 5.03. The van der Waals surface area contributed by atoms with Gasteiger partial charge in [-0.3, -0.25) is 14.2 Å². The van der Waals surface area contributed by atoms with E-state index in [0.717, 1.165) is 26.1 Å². The molecule has 1 N–H and O–H groups in total. The van der Waals surface area contributed by atoms with E-state index in [1.807, 2.05) is 52.0 Å². The van der Waals surface area contributed by atoms with Crippen LogP contribution in [0.25, 0.3) is 11.3 Å². The lowest BCUT2D eigenvalue weighted by Crippen LogP contribution is -2.32. The monoisotopic (exact) mass is 403 g/mol. The Morgan fingerprint density at radius 3 is 2.64 bits per heavy atom. The molecule has 5 nitrogen and oxygen atoms in total. The molecule has 0 atom stereocenters. The van der Waals surface area contributed by atoms with Gasteiger partial charge in [-0.05, 0) is 37.6 Å². The van der Waals surface area contributed by atoms with E-state index in [-0.39, 0.29) is 26.2 Å². The van der Waals surface area contributed by atoms with Crippen LogP contribution in [-0.2, 0) is 11.3 Å². The molecular formula is C22H33N3O2S. The van der Waals surface area contributed by atoms with E-state index in [1.165, 1.54) is 11.3 Å². The maximum atomic E-state index is 12.5. The summed E-state index contributed by atoms with van der Waals surface area (Å²) < 4.78 is 3.16. The van der Waals surface area contributed by atoms with Gasteiger partial charge in [0.1, 0.15) is 4.66 Å². The highest BCUT2D eigenvalue weighted by Crippen LogP contribution is 2.20. The average molecular weight is 404 g/mol. The van der Waals surface area contributed by atoms with E-state index in [9.17, 15) is 9.59 Å². The van der Waals surface area contributed by atoms with Gasteiger partial charge in [0.05, 0.1) is 4.53 Å². The lowest BCUT2D eigenvalue weighted by atomic mass is 10.1. The SMILES string of the molecule is C.C=C=c1sc(=C(C)CNc2cccc(N(C)C(=O)C(C)C)c2)c(=O)n1CC.[HH]. The Kier molecular flexibility index (Phi) is 8.48. The van der Waals surface area contributed by atoms with E-state index in [0.29, 0.717) is 13.1 Å². The van der Waals surface area contributed by atoms with Crippen molar-refractivity contribution in [2.24, 2.45) is 5.92 Å². The highest BCUT2D eigenvalue weighted by molar-refractivity contribution is 7.07. The second kappa shape index (κ2) is 10.1. The Hall–Kier alpha value is -2.56. The van der Waals surface area contributed by atoms with Crippen molar-refractivity contribution in [3.05, 3.63) is 50.4 Å². The summed E-state index contributed by atoms with van der Waals surface area (Å²) in [5.41, 5.74) is 5.54. The van der Waals surface area contributed by atoms with Crippen LogP contribution in [0.4, 0.5) is 11.4 Å². The minimum atomic E-state index is -0.0578. The van der Waals surface area contributed by atoms with Crippen LogP contribution in [0.15, 0.2) is 35.6 Å². The standard InChI is InChI=1S/C21H27N3O2S.CH4.H2/c1-7-18-24(8-2)21(26)19(27-18)15(5)13-22-16-10-9-11-17(12-16)23(6)20(25)14(3)4;;/h9-12,14,22H,1,8,13H2,2-6H3;1H4;1H. The van der Waals surface area contributed by atoms with Crippen LogP contribution >= 0.6 is 11.3 Å². The van der Waals surface area contributed by atoms with Crippen molar-refractivity contribution < 1.29 is 6.22 Å². The average Bonchev–Trinajstić information content (AvgIpc) is 3.00. The summed E-state index contributed by atoms with van der Waals surface area (Å²) in [5.74, 6) is 0.0134. The van der Waals surface area contributed by atoms with Gasteiger partial charge in [-0.15, -0.1) is 11.3 Å². The topological polar surface area (TPSA) is 54.3 Å². The smallest absolute Gasteiger partial charge is 0.269 e. The van der Waals surface area contributed by atoms with Crippen molar-refractivity contribution in [2.75, 3.05) is 23.8 Å². The molecule has 1 amide bonds. The quantitative estimate of drug-likeness (QED) is 0.805. The van der Waals surface area contributed by atoms with Gasteiger partial charge in [0.2, 0.25) is 5.91 Å². The number of benzene rings is 1. The van der Waals surface area contributed by atoms with E-state index < -0.39 is 0 Å². The van der Waals surface area contributed by atoms with Crippen molar-refractivity contribution in [3.8, 4) is 0 Å². The zero-order valence-corrected chi connectivity index (χ0v) is 17.4. The first kappa shape index (κ1) is 23.5. The van der Waals surface area contributed by atoms with Gasteiger partial charge >= 0.3 is 0 Å². The maximum absolute atomic E-state index is 12.5. The van der Waals surface area contributed by atoms with Gasteiger partial charge in [-0.2, -0.15) is 0 Å². The van der Waals surface area contributed by atoms with Gasteiger partial charge in [0, 0.05) is 38.9 Å². The number of nitrogens with zero attached hydrogens (tertiary/aromatic N) is 2. The molecule has 0 aliphatic carbocycles. The summed E-state index contributed by atoms with van der Waals surface area (Å²) in [6.07, 6.45) is 0. The van der Waals surface area contributed by atoms with Gasteiger partial charge < -0.3 is 10.2 Å². The van der Waals surface area contributed by atoms with Crippen molar-refractivity contribution >= 4 is 39.9 Å². The second-order valence-corrected chi connectivity index (χ2v) is 7.70. The predicted octanol–water partition coefficient (Wildman–Crippen LogP) is 3.28. The molecule has 2 aromatic rings. The highest BCUT2D eigenvalue weighted by Gasteiger charge is 2.14. The molecule has 0 aliphatic heterocycles. The van der Waals surface area contributed by atoms with Gasteiger partial charge in [-0.25, -0.2) is 0 Å². The molecule has 0 spiro atoms. The summed E-state index contributed by atoms with van der Waals surface area (Å²) in [6, 6.07) is 7.71. The molecule has 0 radical (unpaired) electrons. The van der Waals surface area contributed by atoms with Gasteiger partial charge in [0.25, 0.3) is 5.56 Å². The molecule has 28 heavy (non-hydrogen) atoms. The minimum Gasteiger partial charge on any atom is -0.381 e. The molecule has 2 rings (SSSR count). The van der Waals surface area contributed by atoms with Crippen molar-refractivity contribution in [2.45, 2.75) is 41.7 Å². The highest BCUT2D eigenvalue weighted by atomic mass is 32.1. The number of carbonyl (C=O) groups is 1. The van der Waals surface area contributed by atoms with E-state index in [2.05, 4.69) is 17.6 Å². The Balaban J connectivity index is 0.00000392. The Morgan fingerprint density at radius 2 is 2.11 bits per heavy atom. The van der Waals surface area contributed by atoms with Crippen molar-refractivity contribution in [3.63, 3.8) is 0 Å². The van der Waals surface area contributed by atoms with Gasteiger partial charge in [0.15, 0.2) is 0 Å². The summed E-state index contributed by atoms with van der Waals surface area (Å²) in [4.78, 5) is 26.4. The number of aromatic nitrogens is 1. The van der Waals surface area contributed by atoms with E-state index >= 15 is 0 Å². The maximum Gasteiger partial charge on any atom is 0.269 e. The fourth-order valence-electron chi connectivity index (χ4n) is 2.75. The third-order valence-electron chi connectivity index (χ3n) is 4.35. The Labute approximate surface area is 172 Å². The number of nitrogens with one attached hydrogen (secondary N) is 1.